The number of unbranched alkanes of at least 4 members (excludes halogenated alkanes) is 1. The molecule has 0 spiro atoms. The normalized spacial score (nSPS) is 13.4. The van der Waals surface area contributed by atoms with Gasteiger partial charge in [0.1, 0.15) is 15.4 Å². The number of hydrogen-bond acceptors (Lipinski definition) is 7. The van der Waals surface area contributed by atoms with Gasteiger partial charge in [0.05, 0.1) is 12.5 Å². The lowest BCUT2D eigenvalue weighted by molar-refractivity contribution is -0.145. The van der Waals surface area contributed by atoms with Crippen LogP contribution in [0.5, 0.6) is 0 Å². The van der Waals surface area contributed by atoms with Gasteiger partial charge in [0.25, 0.3) is 0 Å². The van der Waals surface area contributed by atoms with Crippen LogP contribution in [0.4, 0.5) is 0 Å². The topological polar surface area (TPSA) is 72.8 Å². The number of aliphatic carboxylic acids is 1. The first kappa shape index (κ1) is 21.7. The maximum atomic E-state index is 12.1. The predicted octanol–water partition coefficient (Wildman–Crippen LogP) is 3.21. The number of ether oxygens (including phenoxy) is 2. The molecule has 0 aliphatic heterocycles. The Morgan fingerprint density at radius 2 is 2.00 bits per heavy atom. The van der Waals surface area contributed by atoms with Gasteiger partial charge in [-0.15, -0.1) is 11.8 Å². The zero-order valence-electron chi connectivity index (χ0n) is 13.2. The SMILES string of the molecule is CCCCSC(=S)SC(CC(C)C(=O)O)C(=O)OCCOC. The van der Waals surface area contributed by atoms with E-state index in [9.17, 15) is 9.59 Å². The second-order valence-corrected chi connectivity index (χ2v) is 8.20. The van der Waals surface area contributed by atoms with Gasteiger partial charge >= 0.3 is 11.9 Å². The number of carbonyl (C=O) groups excluding carboxylic acids is 1. The third-order valence-electron chi connectivity index (χ3n) is 2.74. The number of hydrogen-bond donors (Lipinski definition) is 1. The van der Waals surface area contributed by atoms with Gasteiger partial charge in [-0.2, -0.15) is 0 Å². The summed E-state index contributed by atoms with van der Waals surface area (Å²) in [7, 11) is 1.52. The summed E-state index contributed by atoms with van der Waals surface area (Å²) in [6.07, 6.45) is 2.33. The lowest BCUT2D eigenvalue weighted by Crippen LogP contribution is -2.27. The fraction of sp³-hybridized carbons (Fsp3) is 0.786. The molecule has 0 saturated heterocycles. The van der Waals surface area contributed by atoms with Crippen LogP contribution >= 0.6 is 35.7 Å². The number of carboxylic acid groups (broad SMARTS) is 1. The van der Waals surface area contributed by atoms with E-state index in [1.807, 2.05) is 0 Å². The van der Waals surface area contributed by atoms with E-state index >= 15 is 0 Å². The van der Waals surface area contributed by atoms with Crippen LogP contribution in [0.3, 0.4) is 0 Å². The highest BCUT2D eigenvalue weighted by atomic mass is 32.2. The maximum absolute atomic E-state index is 12.1. The van der Waals surface area contributed by atoms with Crippen LogP contribution < -0.4 is 0 Å². The number of thioether (sulfide) groups is 2. The van der Waals surface area contributed by atoms with E-state index in [2.05, 4.69) is 6.92 Å². The average molecular weight is 369 g/mol. The van der Waals surface area contributed by atoms with E-state index in [4.69, 9.17) is 26.8 Å². The number of rotatable bonds is 11. The third kappa shape index (κ3) is 10.4. The van der Waals surface area contributed by atoms with Crippen LogP contribution in [0, 0.1) is 5.92 Å². The van der Waals surface area contributed by atoms with Crippen molar-refractivity contribution in [3.63, 3.8) is 0 Å². The van der Waals surface area contributed by atoms with E-state index < -0.39 is 23.1 Å². The third-order valence-corrected chi connectivity index (χ3v) is 5.61. The summed E-state index contributed by atoms with van der Waals surface area (Å²) in [5.74, 6) is -1.09. The van der Waals surface area contributed by atoms with Crippen LogP contribution in [-0.2, 0) is 19.1 Å². The van der Waals surface area contributed by atoms with Crippen LogP contribution in [0.2, 0.25) is 0 Å². The molecule has 128 valence electrons. The molecule has 0 fully saturated rings. The highest BCUT2D eigenvalue weighted by Gasteiger charge is 2.27. The molecule has 0 aromatic carbocycles. The Balaban J connectivity index is 4.53. The first-order valence-electron chi connectivity index (χ1n) is 7.14. The quantitative estimate of drug-likeness (QED) is 0.339. The molecule has 5 nitrogen and oxygen atoms in total. The summed E-state index contributed by atoms with van der Waals surface area (Å²) < 4.78 is 10.6. The first-order valence-corrected chi connectivity index (χ1v) is 9.41. The van der Waals surface area contributed by atoms with Crippen molar-refractivity contribution < 1.29 is 24.2 Å². The van der Waals surface area contributed by atoms with E-state index in [0.717, 1.165) is 18.6 Å². The largest absolute Gasteiger partial charge is 0.481 e. The summed E-state index contributed by atoms with van der Waals surface area (Å²) in [6, 6.07) is 0. The molecule has 8 heteroatoms. The van der Waals surface area contributed by atoms with E-state index in [-0.39, 0.29) is 13.0 Å². The lowest BCUT2D eigenvalue weighted by atomic mass is 10.1. The van der Waals surface area contributed by atoms with Crippen LogP contribution in [-0.4, -0.2) is 51.9 Å². The number of thiocarbonyl (C=S) groups is 1. The molecule has 22 heavy (non-hydrogen) atoms. The lowest BCUT2D eigenvalue weighted by Gasteiger charge is -2.17. The van der Waals surface area contributed by atoms with Gasteiger partial charge in [-0.05, 0) is 18.6 Å². The molecule has 0 aliphatic carbocycles. The molecular weight excluding hydrogens is 344 g/mol. The van der Waals surface area contributed by atoms with E-state index in [1.54, 1.807) is 6.92 Å². The molecule has 0 aromatic rings. The van der Waals surface area contributed by atoms with Gasteiger partial charge in [-0.1, -0.05) is 44.2 Å². The summed E-state index contributed by atoms with van der Waals surface area (Å²) in [5, 5.41) is 8.42. The number of methoxy groups -OCH3 is 1. The van der Waals surface area contributed by atoms with E-state index in [0.29, 0.717) is 10.1 Å². The Morgan fingerprint density at radius 1 is 1.32 bits per heavy atom. The van der Waals surface area contributed by atoms with Crippen molar-refractivity contribution in [2.45, 2.75) is 38.4 Å². The molecule has 0 bridgehead atoms. The minimum Gasteiger partial charge on any atom is -0.481 e. The van der Waals surface area contributed by atoms with E-state index in [1.165, 1.54) is 30.6 Å². The standard InChI is InChI=1S/C14H24O5S3/c1-4-5-8-21-14(20)22-11(9-10(2)12(15)16)13(17)19-7-6-18-3/h10-11H,4-9H2,1-3H3,(H,15,16). The Labute approximate surface area is 145 Å². The minimum absolute atomic E-state index is 0.156. The summed E-state index contributed by atoms with van der Waals surface area (Å²) in [6.45, 7) is 4.14. The Morgan fingerprint density at radius 3 is 2.55 bits per heavy atom. The van der Waals surface area contributed by atoms with Crippen LogP contribution in [0.15, 0.2) is 0 Å². The number of carbonyl (C=O) groups is 2. The summed E-state index contributed by atoms with van der Waals surface area (Å²) in [5.41, 5.74) is 0. The second-order valence-electron chi connectivity index (χ2n) is 4.69. The Bertz CT molecular complexity index is 362. The van der Waals surface area contributed by atoms with Crippen LogP contribution in [0.25, 0.3) is 0 Å². The molecular formula is C14H24O5S3. The van der Waals surface area contributed by atoms with Crippen LogP contribution in [0.1, 0.15) is 33.1 Å². The fourth-order valence-corrected chi connectivity index (χ4v) is 4.23. The molecule has 0 aliphatic rings. The molecule has 0 saturated carbocycles. The summed E-state index contributed by atoms with van der Waals surface area (Å²) in [4.78, 5) is 23.1. The maximum Gasteiger partial charge on any atom is 0.319 e. The van der Waals surface area contributed by atoms with Crippen molar-refractivity contribution in [2.24, 2.45) is 5.92 Å². The molecule has 0 aromatic heterocycles. The highest BCUT2D eigenvalue weighted by molar-refractivity contribution is 8.47. The summed E-state index contributed by atoms with van der Waals surface area (Å²) >= 11 is 8.01. The van der Waals surface area contributed by atoms with Gasteiger partial charge in [0.2, 0.25) is 0 Å². The smallest absolute Gasteiger partial charge is 0.319 e. The van der Waals surface area contributed by atoms with Crippen molar-refractivity contribution in [1.82, 2.24) is 0 Å². The minimum atomic E-state index is -0.931. The Hall–Kier alpha value is -0.310. The van der Waals surface area contributed by atoms with Crippen molar-refractivity contribution in [3.8, 4) is 0 Å². The molecule has 0 rings (SSSR count). The zero-order chi connectivity index (χ0) is 17.0. The van der Waals surface area contributed by atoms with Crippen molar-refractivity contribution in [2.75, 3.05) is 26.1 Å². The van der Waals surface area contributed by atoms with Crippen molar-refractivity contribution in [3.05, 3.63) is 0 Å². The fourth-order valence-electron chi connectivity index (χ4n) is 1.38. The number of carboxylic acids is 1. The van der Waals surface area contributed by atoms with Gasteiger partial charge < -0.3 is 14.6 Å². The average Bonchev–Trinajstić information content (AvgIpc) is 2.46. The molecule has 0 amide bonds. The molecule has 2 atom stereocenters. The Kier molecular flexibility index (Phi) is 13.0. The predicted molar refractivity (Wildman–Crippen MR) is 95.6 cm³/mol. The monoisotopic (exact) mass is 368 g/mol. The first-order chi connectivity index (χ1) is 10.4. The van der Waals surface area contributed by atoms with Crippen molar-refractivity contribution in [1.29, 1.82) is 0 Å². The van der Waals surface area contributed by atoms with Gasteiger partial charge in [-0.25, -0.2) is 0 Å². The molecule has 0 radical (unpaired) electrons. The van der Waals surface area contributed by atoms with Crippen molar-refractivity contribution >= 4 is 51.2 Å². The van der Waals surface area contributed by atoms with Gasteiger partial charge in [-0.3, -0.25) is 9.59 Å². The molecule has 2 unspecified atom stereocenters. The van der Waals surface area contributed by atoms with Gasteiger partial charge in [0.15, 0.2) is 0 Å². The van der Waals surface area contributed by atoms with Gasteiger partial charge in [0, 0.05) is 7.11 Å². The number of esters is 1. The molecule has 0 heterocycles. The zero-order valence-corrected chi connectivity index (χ0v) is 15.7. The molecule has 1 N–H and O–H groups in total. The second kappa shape index (κ2) is 13.2. The highest BCUT2D eigenvalue weighted by Crippen LogP contribution is 2.28.